The molecule has 3 heteroatoms. The maximum Gasteiger partial charge on any atom is 0.180 e. The summed E-state index contributed by atoms with van der Waals surface area (Å²) in [7, 11) is 0. The maximum atomic E-state index is 12.7. The van der Waals surface area contributed by atoms with E-state index in [1.54, 1.807) is 11.8 Å². The number of ketones is 1. The summed E-state index contributed by atoms with van der Waals surface area (Å²) in [4.78, 5) is 15.1. The van der Waals surface area contributed by atoms with Crippen molar-refractivity contribution < 1.29 is 4.79 Å². The van der Waals surface area contributed by atoms with Crippen molar-refractivity contribution in [3.05, 3.63) is 52.5 Å². The fourth-order valence-electron chi connectivity index (χ4n) is 2.51. The van der Waals surface area contributed by atoms with Crippen LogP contribution in [0, 0.1) is 5.92 Å². The summed E-state index contributed by atoms with van der Waals surface area (Å²) >= 11 is 6.34. The van der Waals surface area contributed by atoms with Crippen molar-refractivity contribution in [1.82, 2.24) is 0 Å². The molecule has 0 saturated heterocycles. The highest BCUT2D eigenvalue weighted by Gasteiger charge is 2.41. The summed E-state index contributed by atoms with van der Waals surface area (Å²) in [6, 6.07) is 8.30. The minimum Gasteiger partial charge on any atom is -0.293 e. The summed E-state index contributed by atoms with van der Waals surface area (Å²) in [6.07, 6.45) is 4.77. The van der Waals surface area contributed by atoms with Gasteiger partial charge in [0.05, 0.1) is 4.75 Å². The first-order valence-electron chi connectivity index (χ1n) is 6.47. The van der Waals surface area contributed by atoms with E-state index >= 15 is 0 Å². The van der Waals surface area contributed by atoms with Crippen LogP contribution in [0.5, 0.6) is 0 Å². The molecule has 1 aliphatic heterocycles. The van der Waals surface area contributed by atoms with Crippen LogP contribution in [-0.2, 0) is 11.2 Å². The van der Waals surface area contributed by atoms with Gasteiger partial charge in [0.1, 0.15) is 0 Å². The molecule has 19 heavy (non-hydrogen) atoms. The summed E-state index contributed by atoms with van der Waals surface area (Å²) in [6.45, 7) is 4.09. The molecule has 1 nitrogen and oxygen atoms in total. The van der Waals surface area contributed by atoms with Crippen LogP contribution in [0.3, 0.4) is 0 Å². The van der Waals surface area contributed by atoms with Gasteiger partial charge in [-0.2, -0.15) is 12.6 Å². The maximum absolute atomic E-state index is 12.7. The smallest absolute Gasteiger partial charge is 0.180 e. The summed E-state index contributed by atoms with van der Waals surface area (Å²) in [5.41, 5.74) is 2.17. The minimum atomic E-state index is -0.647. The molecule has 2 aliphatic rings. The van der Waals surface area contributed by atoms with Gasteiger partial charge >= 0.3 is 0 Å². The van der Waals surface area contributed by atoms with Crippen LogP contribution in [0.1, 0.15) is 19.4 Å². The molecule has 0 fully saturated rings. The lowest BCUT2D eigenvalue weighted by Crippen LogP contribution is -2.40. The Morgan fingerprint density at radius 3 is 2.79 bits per heavy atom. The molecular weight excluding hydrogens is 272 g/mol. The van der Waals surface area contributed by atoms with Gasteiger partial charge in [-0.05, 0) is 23.6 Å². The van der Waals surface area contributed by atoms with Crippen LogP contribution in [-0.4, -0.2) is 10.5 Å². The first kappa shape index (κ1) is 13.1. The number of benzene rings is 1. The van der Waals surface area contributed by atoms with E-state index in [2.05, 4.69) is 30.8 Å². The molecule has 3 rings (SSSR count). The van der Waals surface area contributed by atoms with Crippen molar-refractivity contribution >= 4 is 30.2 Å². The molecule has 98 valence electrons. The van der Waals surface area contributed by atoms with E-state index in [1.807, 2.05) is 32.1 Å². The second kappa shape index (κ2) is 4.57. The minimum absolute atomic E-state index is 0.172. The predicted molar refractivity (Wildman–Crippen MR) is 83.7 cm³/mol. The normalized spacial score (nSPS) is 25.6. The largest absolute Gasteiger partial charge is 0.293 e. The first-order valence-corrected chi connectivity index (χ1v) is 7.74. The molecule has 0 N–H and O–H groups in total. The zero-order valence-corrected chi connectivity index (χ0v) is 12.7. The number of fused-ring (bicyclic) bond motifs is 1. The monoisotopic (exact) mass is 288 g/mol. The molecule has 1 aliphatic carbocycles. The fraction of sp³-hybridized carbons (Fsp3) is 0.312. The topological polar surface area (TPSA) is 17.1 Å². The number of hydrogen-bond acceptors (Lipinski definition) is 3. The summed E-state index contributed by atoms with van der Waals surface area (Å²) < 4.78 is -0.647. The lowest BCUT2D eigenvalue weighted by atomic mass is 9.81. The number of thioether (sulfide) groups is 1. The lowest BCUT2D eigenvalue weighted by molar-refractivity contribution is -0.117. The van der Waals surface area contributed by atoms with E-state index in [0.717, 1.165) is 16.9 Å². The molecule has 1 heterocycles. The number of allylic oxidation sites excluding steroid dienone is 2. The van der Waals surface area contributed by atoms with Gasteiger partial charge in [-0.15, -0.1) is 0 Å². The average Bonchev–Trinajstić information content (AvgIpc) is 2.41. The van der Waals surface area contributed by atoms with Crippen molar-refractivity contribution in [1.29, 1.82) is 0 Å². The zero-order valence-electron chi connectivity index (χ0n) is 11.0. The van der Waals surface area contributed by atoms with Crippen LogP contribution >= 0.6 is 24.4 Å². The highest BCUT2D eigenvalue weighted by atomic mass is 32.2. The van der Waals surface area contributed by atoms with Crippen LogP contribution in [0.25, 0.3) is 0 Å². The van der Waals surface area contributed by atoms with Crippen LogP contribution in [0.2, 0.25) is 0 Å². The number of carbonyl (C=O) groups is 1. The third-order valence-electron chi connectivity index (χ3n) is 3.86. The second-order valence-electron chi connectivity index (χ2n) is 5.37. The summed E-state index contributed by atoms with van der Waals surface area (Å²) in [5.74, 6) is 0.362. The third kappa shape index (κ3) is 2.00. The molecule has 1 aromatic carbocycles. The van der Waals surface area contributed by atoms with Gasteiger partial charge in [0.25, 0.3) is 0 Å². The molecule has 0 bridgehead atoms. The molecule has 1 unspecified atom stereocenters. The Balaban J connectivity index is 2.02. The summed E-state index contributed by atoms with van der Waals surface area (Å²) in [5, 5.41) is 0. The quantitative estimate of drug-likeness (QED) is 0.785. The van der Waals surface area contributed by atoms with Gasteiger partial charge in [0.2, 0.25) is 0 Å². The van der Waals surface area contributed by atoms with Gasteiger partial charge < -0.3 is 0 Å². The van der Waals surface area contributed by atoms with E-state index in [4.69, 9.17) is 0 Å². The van der Waals surface area contributed by atoms with Crippen molar-refractivity contribution in [2.45, 2.75) is 29.9 Å². The molecule has 0 amide bonds. The number of hydrogen-bond donors (Lipinski definition) is 1. The van der Waals surface area contributed by atoms with Gasteiger partial charge in [-0.3, -0.25) is 4.79 Å². The van der Waals surface area contributed by atoms with Crippen LogP contribution < -0.4 is 0 Å². The molecule has 1 atom stereocenters. The Morgan fingerprint density at radius 1 is 1.32 bits per heavy atom. The van der Waals surface area contributed by atoms with E-state index < -0.39 is 4.75 Å². The Labute approximate surface area is 123 Å². The molecular formula is C16H16OS2. The number of rotatable bonds is 1. The lowest BCUT2D eigenvalue weighted by Gasteiger charge is -2.34. The number of thiol groups is 1. The van der Waals surface area contributed by atoms with Crippen molar-refractivity contribution in [2.24, 2.45) is 5.92 Å². The predicted octanol–water partition coefficient (Wildman–Crippen LogP) is 4.05. The van der Waals surface area contributed by atoms with Crippen LogP contribution in [0.15, 0.2) is 51.8 Å². The highest BCUT2D eigenvalue weighted by Crippen LogP contribution is 2.45. The van der Waals surface area contributed by atoms with Crippen molar-refractivity contribution in [3.63, 3.8) is 0 Å². The van der Waals surface area contributed by atoms with Gasteiger partial charge in [-0.25, -0.2) is 0 Å². The van der Waals surface area contributed by atoms with Crippen molar-refractivity contribution in [3.8, 4) is 0 Å². The number of Topliss-reactive ketones (excluding diaryl/α,β-unsaturated/α-hetero) is 1. The van der Waals surface area contributed by atoms with Crippen LogP contribution in [0.4, 0.5) is 0 Å². The van der Waals surface area contributed by atoms with Gasteiger partial charge in [0, 0.05) is 21.8 Å². The molecule has 0 saturated carbocycles. The molecule has 1 aromatic rings. The third-order valence-corrected chi connectivity index (χ3v) is 5.95. The Hall–Kier alpha value is -0.930. The van der Waals surface area contributed by atoms with Gasteiger partial charge in [0.15, 0.2) is 5.78 Å². The Bertz CT molecular complexity index is 613. The van der Waals surface area contributed by atoms with E-state index in [9.17, 15) is 4.79 Å². The van der Waals surface area contributed by atoms with Crippen molar-refractivity contribution in [2.75, 3.05) is 0 Å². The number of carbonyl (C=O) groups excluding carboxylic acids is 1. The van der Waals surface area contributed by atoms with E-state index in [1.165, 1.54) is 10.5 Å². The molecule has 0 spiro atoms. The Morgan fingerprint density at radius 2 is 2.05 bits per heavy atom. The first-order chi connectivity index (χ1) is 9.02. The zero-order chi connectivity index (χ0) is 13.6. The second-order valence-corrected chi connectivity index (χ2v) is 7.20. The fourth-order valence-corrected chi connectivity index (χ4v) is 3.80. The van der Waals surface area contributed by atoms with E-state index in [0.29, 0.717) is 0 Å². The SMILES string of the molecule is CC(C)C1(S)C=CC2=C(Cc3ccccc3S2)C1=O. The molecule has 0 aromatic heterocycles. The average molecular weight is 288 g/mol. The van der Waals surface area contributed by atoms with Gasteiger partial charge in [-0.1, -0.05) is 49.9 Å². The standard InChI is InChI=1S/C16H16OS2/c1-10(2)16(18)8-7-14-12(15(16)17)9-11-5-3-4-6-13(11)19-14/h3-8,10,18H,9H2,1-2H3. The van der Waals surface area contributed by atoms with E-state index in [-0.39, 0.29) is 11.7 Å². The Kier molecular flexibility index (Phi) is 3.14. The molecule has 0 radical (unpaired) electrons. The highest BCUT2D eigenvalue weighted by molar-refractivity contribution is 8.03.